The van der Waals surface area contributed by atoms with Crippen molar-refractivity contribution < 1.29 is 34.0 Å². The fourth-order valence-electron chi connectivity index (χ4n) is 2.29. The molecular weight excluding hydrogens is 408 g/mol. The molecule has 0 aromatic carbocycles. The number of carbonyl (C=O) groups excluding carboxylic acids is 2. The molecule has 182 valence electrons. The van der Waals surface area contributed by atoms with E-state index in [4.69, 9.17) is 19.3 Å². The first kappa shape index (κ1) is 29.1. The van der Waals surface area contributed by atoms with Gasteiger partial charge < -0.3 is 40.4 Å². The van der Waals surface area contributed by atoms with Crippen LogP contribution in [0.25, 0.3) is 0 Å². The third-order valence-corrected chi connectivity index (χ3v) is 3.61. The minimum Gasteiger partial charge on any atom is -0.444 e. The van der Waals surface area contributed by atoms with Crippen molar-refractivity contribution in [3.8, 4) is 0 Å². The van der Waals surface area contributed by atoms with Gasteiger partial charge >= 0.3 is 6.09 Å². The summed E-state index contributed by atoms with van der Waals surface area (Å²) in [5.74, 6) is -0.215. The summed E-state index contributed by atoms with van der Waals surface area (Å²) in [6, 6.07) is 0. The Morgan fingerprint density at radius 2 is 1.71 bits per heavy atom. The van der Waals surface area contributed by atoms with Gasteiger partial charge in [-0.1, -0.05) is 13.5 Å². The lowest BCUT2D eigenvalue weighted by atomic mass is 10.2. The van der Waals surface area contributed by atoms with Crippen LogP contribution in [0.3, 0.4) is 0 Å². The van der Waals surface area contributed by atoms with Gasteiger partial charge in [-0.25, -0.2) is 4.79 Å². The first-order chi connectivity index (χ1) is 14.6. The van der Waals surface area contributed by atoms with Crippen LogP contribution in [0.4, 0.5) is 4.79 Å². The molecule has 0 aromatic heterocycles. The summed E-state index contributed by atoms with van der Waals surface area (Å²) >= 11 is 0. The van der Waals surface area contributed by atoms with Crippen molar-refractivity contribution >= 4 is 12.0 Å². The largest absolute Gasteiger partial charge is 0.444 e. The van der Waals surface area contributed by atoms with E-state index in [-0.39, 0.29) is 32.1 Å². The number of amides is 2. The molecule has 0 aliphatic carbocycles. The number of rotatable bonds is 17. The van der Waals surface area contributed by atoms with Crippen LogP contribution in [0.5, 0.6) is 0 Å². The number of carbonyl (C=O) groups is 2. The van der Waals surface area contributed by atoms with Crippen molar-refractivity contribution in [1.29, 1.82) is 0 Å². The Bertz CT molecular complexity index is 526. The van der Waals surface area contributed by atoms with E-state index < -0.39 is 24.2 Å². The van der Waals surface area contributed by atoms with E-state index in [0.717, 1.165) is 0 Å². The normalized spacial score (nSPS) is 13.2. The Morgan fingerprint density at radius 1 is 1.03 bits per heavy atom. The number of nitrogens with one attached hydrogen (secondary N) is 4. The van der Waals surface area contributed by atoms with Crippen LogP contribution in [0.1, 0.15) is 40.5 Å². The number of alkyl carbamates (subject to hydrolysis) is 1. The van der Waals surface area contributed by atoms with Crippen molar-refractivity contribution in [2.75, 3.05) is 46.0 Å². The van der Waals surface area contributed by atoms with Gasteiger partial charge in [0.25, 0.3) is 0 Å². The molecule has 2 amide bonds. The topological polar surface area (TPSA) is 150 Å². The molecule has 0 aromatic rings. The monoisotopic (exact) mass is 448 g/mol. The zero-order chi connectivity index (χ0) is 23.7. The molecule has 0 heterocycles. The minimum absolute atomic E-state index is 0.0788. The maximum absolute atomic E-state index is 11.9. The van der Waals surface area contributed by atoms with E-state index in [2.05, 4.69) is 27.8 Å². The van der Waals surface area contributed by atoms with Gasteiger partial charge in [-0.05, 0) is 27.3 Å². The Kier molecular flexibility index (Phi) is 15.7. The van der Waals surface area contributed by atoms with Crippen molar-refractivity contribution in [1.82, 2.24) is 21.3 Å². The molecule has 0 rings (SSSR count). The first-order valence-corrected chi connectivity index (χ1v) is 10.5. The van der Waals surface area contributed by atoms with Crippen LogP contribution in [0.15, 0.2) is 12.3 Å². The zero-order valence-electron chi connectivity index (χ0n) is 19.2. The summed E-state index contributed by atoms with van der Waals surface area (Å²) in [6.07, 6.45) is -1.55. The van der Waals surface area contributed by atoms with Gasteiger partial charge in [-0.3, -0.25) is 10.1 Å². The molecule has 0 aliphatic heterocycles. The van der Waals surface area contributed by atoms with E-state index in [0.29, 0.717) is 38.3 Å². The first-order valence-electron chi connectivity index (χ1n) is 10.5. The lowest BCUT2D eigenvalue weighted by Crippen LogP contribution is -2.43. The molecule has 0 saturated heterocycles. The fraction of sp³-hybridized carbons (Fsp3) is 0.800. The molecule has 0 spiro atoms. The molecule has 11 heteroatoms. The van der Waals surface area contributed by atoms with E-state index in [1.54, 1.807) is 0 Å². The average molecular weight is 449 g/mol. The molecule has 31 heavy (non-hydrogen) atoms. The minimum atomic E-state index is -0.848. The average Bonchev–Trinajstić information content (AvgIpc) is 2.68. The number of aliphatic hydroxyl groups excluding tert-OH is 2. The van der Waals surface area contributed by atoms with Crippen LogP contribution in [0.2, 0.25) is 0 Å². The van der Waals surface area contributed by atoms with Crippen molar-refractivity contribution in [3.63, 3.8) is 0 Å². The standard InChI is InChI=1S/C20H40N4O7/c1-6-21-17(13-26)30-18(31-20(3,4)5)14-29-19(28)24-9-7-15(2)22-10-11-23-16(27)8-12-25/h17-18,21-22,25-26H,2,6-14H2,1,3-5H3,(H,23,27)(H,24,28). The van der Waals surface area contributed by atoms with E-state index in [1.165, 1.54) is 0 Å². The summed E-state index contributed by atoms with van der Waals surface area (Å²) in [5.41, 5.74) is 0.169. The highest BCUT2D eigenvalue weighted by molar-refractivity contribution is 5.75. The molecule has 6 N–H and O–H groups in total. The van der Waals surface area contributed by atoms with Gasteiger partial charge in [0.1, 0.15) is 12.8 Å². The summed E-state index contributed by atoms with van der Waals surface area (Å²) < 4.78 is 16.6. The maximum atomic E-state index is 11.9. The SMILES string of the molecule is C=C(CCNC(=O)OCC(OC(CO)NCC)OC(C)(C)C)NCCNC(=O)CCO. The number of ether oxygens (including phenoxy) is 3. The molecule has 2 unspecified atom stereocenters. The van der Waals surface area contributed by atoms with Crippen molar-refractivity contribution in [3.05, 3.63) is 12.3 Å². The number of hydrogen-bond acceptors (Lipinski definition) is 9. The highest BCUT2D eigenvalue weighted by Crippen LogP contribution is 2.13. The predicted molar refractivity (Wildman–Crippen MR) is 116 cm³/mol. The van der Waals surface area contributed by atoms with Crippen LogP contribution in [-0.4, -0.2) is 86.3 Å². The third kappa shape index (κ3) is 17.5. The zero-order valence-corrected chi connectivity index (χ0v) is 19.2. The van der Waals surface area contributed by atoms with Gasteiger partial charge in [-0.15, -0.1) is 0 Å². The molecule has 0 fully saturated rings. The summed E-state index contributed by atoms with van der Waals surface area (Å²) in [4.78, 5) is 23.2. The number of likely N-dealkylation sites (N-methyl/N-ethyl adjacent to an activating group) is 1. The maximum Gasteiger partial charge on any atom is 0.407 e. The summed E-state index contributed by atoms with van der Waals surface area (Å²) in [7, 11) is 0. The second-order valence-electron chi connectivity index (χ2n) is 7.65. The van der Waals surface area contributed by atoms with E-state index >= 15 is 0 Å². The smallest absolute Gasteiger partial charge is 0.407 e. The Labute approximate surface area is 184 Å². The van der Waals surface area contributed by atoms with E-state index in [9.17, 15) is 14.7 Å². The van der Waals surface area contributed by atoms with Crippen LogP contribution in [-0.2, 0) is 19.0 Å². The number of aliphatic hydroxyl groups is 2. The Hall–Kier alpha value is -1.92. The molecule has 0 radical (unpaired) electrons. The molecule has 0 saturated carbocycles. The second-order valence-corrected chi connectivity index (χ2v) is 7.65. The Morgan fingerprint density at radius 3 is 2.29 bits per heavy atom. The van der Waals surface area contributed by atoms with Gasteiger partial charge in [0, 0.05) is 38.2 Å². The summed E-state index contributed by atoms with van der Waals surface area (Å²) in [6.45, 7) is 12.5. The molecule has 2 atom stereocenters. The highest BCUT2D eigenvalue weighted by Gasteiger charge is 2.24. The quantitative estimate of drug-likeness (QED) is 0.131. The predicted octanol–water partition coefficient (Wildman–Crippen LogP) is -0.210. The molecule has 0 bridgehead atoms. The molecule has 0 aliphatic rings. The van der Waals surface area contributed by atoms with Crippen molar-refractivity contribution in [2.24, 2.45) is 0 Å². The van der Waals surface area contributed by atoms with Gasteiger partial charge in [-0.2, -0.15) is 0 Å². The van der Waals surface area contributed by atoms with Crippen LogP contribution in [0, 0.1) is 0 Å². The van der Waals surface area contributed by atoms with E-state index in [1.807, 2.05) is 27.7 Å². The highest BCUT2D eigenvalue weighted by atomic mass is 16.7. The summed E-state index contributed by atoms with van der Waals surface area (Å²) in [5, 5.41) is 29.3. The fourth-order valence-corrected chi connectivity index (χ4v) is 2.29. The third-order valence-electron chi connectivity index (χ3n) is 3.61. The van der Waals surface area contributed by atoms with Crippen LogP contribution >= 0.6 is 0 Å². The van der Waals surface area contributed by atoms with Crippen molar-refractivity contribution in [2.45, 2.75) is 58.7 Å². The van der Waals surface area contributed by atoms with Gasteiger partial charge in [0.2, 0.25) is 5.91 Å². The lowest BCUT2D eigenvalue weighted by molar-refractivity contribution is -0.237. The van der Waals surface area contributed by atoms with Gasteiger partial charge in [0.15, 0.2) is 6.29 Å². The van der Waals surface area contributed by atoms with Gasteiger partial charge in [0.05, 0.1) is 18.8 Å². The molecular formula is C20H40N4O7. The second kappa shape index (κ2) is 16.7. The molecule has 11 nitrogen and oxygen atoms in total. The number of hydrogen-bond donors (Lipinski definition) is 6. The Balaban J connectivity index is 4.17. The lowest BCUT2D eigenvalue weighted by Gasteiger charge is -2.30. The van der Waals surface area contributed by atoms with Crippen LogP contribution < -0.4 is 21.3 Å².